The number of aromatic nitrogens is 1. The van der Waals surface area contributed by atoms with E-state index in [1.165, 1.54) is 0 Å². The number of hydrogen-bond donors (Lipinski definition) is 1. The number of aliphatic hydroxyl groups excluding tert-OH is 1. The van der Waals surface area contributed by atoms with Crippen LogP contribution >= 0.6 is 0 Å². The summed E-state index contributed by atoms with van der Waals surface area (Å²) in [5.74, 6) is 0. The minimum Gasteiger partial charge on any atom is -0.388 e. The average molecular weight is 165 g/mol. The molecule has 0 aliphatic heterocycles. The van der Waals surface area contributed by atoms with E-state index in [2.05, 4.69) is 4.98 Å². The van der Waals surface area contributed by atoms with Crippen molar-refractivity contribution >= 4 is 0 Å². The van der Waals surface area contributed by atoms with Gasteiger partial charge in [0.1, 0.15) is 0 Å². The standard InChI is InChI=1S/C10H15NO/c1-4-10(12)9-5-7(2)8(3)11-6-9/h5-6,10,12H,4H2,1-3H3/t10-/m0/s1. The summed E-state index contributed by atoms with van der Waals surface area (Å²) >= 11 is 0. The van der Waals surface area contributed by atoms with Crippen LogP contribution < -0.4 is 0 Å². The maximum atomic E-state index is 9.50. The normalized spacial score (nSPS) is 13.0. The molecule has 12 heavy (non-hydrogen) atoms. The Bertz CT molecular complexity index is 271. The monoisotopic (exact) mass is 165 g/mol. The molecule has 1 aromatic heterocycles. The first-order valence-electron chi connectivity index (χ1n) is 4.26. The van der Waals surface area contributed by atoms with Crippen molar-refractivity contribution in [3.05, 3.63) is 29.1 Å². The Kier molecular flexibility index (Phi) is 2.82. The molecule has 0 aliphatic rings. The van der Waals surface area contributed by atoms with Crippen LogP contribution in [0.1, 0.15) is 36.3 Å². The molecule has 0 radical (unpaired) electrons. The lowest BCUT2D eigenvalue weighted by Crippen LogP contribution is -1.98. The quantitative estimate of drug-likeness (QED) is 0.728. The zero-order valence-electron chi connectivity index (χ0n) is 7.83. The smallest absolute Gasteiger partial charge is 0.0802 e. The van der Waals surface area contributed by atoms with Crippen molar-refractivity contribution in [2.75, 3.05) is 0 Å². The fourth-order valence-electron chi connectivity index (χ4n) is 1.08. The third-order valence-corrected chi connectivity index (χ3v) is 2.13. The van der Waals surface area contributed by atoms with Gasteiger partial charge in [0.15, 0.2) is 0 Å². The van der Waals surface area contributed by atoms with Crippen LogP contribution in [0.3, 0.4) is 0 Å². The molecule has 0 aliphatic carbocycles. The highest BCUT2D eigenvalue weighted by Crippen LogP contribution is 2.17. The van der Waals surface area contributed by atoms with Gasteiger partial charge in [-0.1, -0.05) is 13.0 Å². The van der Waals surface area contributed by atoms with Gasteiger partial charge in [-0.25, -0.2) is 0 Å². The molecule has 0 unspecified atom stereocenters. The van der Waals surface area contributed by atoms with E-state index in [9.17, 15) is 5.11 Å². The predicted molar refractivity (Wildman–Crippen MR) is 49.0 cm³/mol. The van der Waals surface area contributed by atoms with Gasteiger partial charge in [-0.3, -0.25) is 4.98 Å². The first kappa shape index (κ1) is 9.20. The summed E-state index contributed by atoms with van der Waals surface area (Å²) < 4.78 is 0. The highest BCUT2D eigenvalue weighted by atomic mass is 16.3. The Morgan fingerprint density at radius 1 is 1.50 bits per heavy atom. The average Bonchev–Trinajstić information content (AvgIpc) is 2.08. The van der Waals surface area contributed by atoms with Crippen LogP contribution in [0, 0.1) is 13.8 Å². The van der Waals surface area contributed by atoms with Crippen molar-refractivity contribution in [3.63, 3.8) is 0 Å². The second-order valence-electron chi connectivity index (χ2n) is 3.10. The molecule has 0 amide bonds. The van der Waals surface area contributed by atoms with Gasteiger partial charge in [-0.05, 0) is 31.4 Å². The van der Waals surface area contributed by atoms with Gasteiger partial charge in [0, 0.05) is 11.9 Å². The number of nitrogens with zero attached hydrogens (tertiary/aromatic N) is 1. The fraction of sp³-hybridized carbons (Fsp3) is 0.500. The van der Waals surface area contributed by atoms with Crippen molar-refractivity contribution in [1.82, 2.24) is 4.98 Å². The topological polar surface area (TPSA) is 33.1 Å². The Morgan fingerprint density at radius 2 is 2.17 bits per heavy atom. The molecule has 2 heteroatoms. The summed E-state index contributed by atoms with van der Waals surface area (Å²) in [5.41, 5.74) is 3.09. The second-order valence-corrected chi connectivity index (χ2v) is 3.10. The maximum absolute atomic E-state index is 9.50. The van der Waals surface area contributed by atoms with Crippen LogP contribution in [-0.2, 0) is 0 Å². The predicted octanol–water partition coefficient (Wildman–Crippen LogP) is 2.14. The van der Waals surface area contributed by atoms with Gasteiger partial charge in [0.05, 0.1) is 6.10 Å². The minimum atomic E-state index is -0.364. The lowest BCUT2D eigenvalue weighted by molar-refractivity contribution is 0.173. The molecule has 2 nitrogen and oxygen atoms in total. The summed E-state index contributed by atoms with van der Waals surface area (Å²) in [7, 11) is 0. The summed E-state index contributed by atoms with van der Waals surface area (Å²) in [6.07, 6.45) is 2.12. The molecule has 66 valence electrons. The Hall–Kier alpha value is -0.890. The summed E-state index contributed by atoms with van der Waals surface area (Å²) in [6.45, 7) is 5.94. The fourth-order valence-corrected chi connectivity index (χ4v) is 1.08. The lowest BCUT2D eigenvalue weighted by Gasteiger charge is -2.08. The van der Waals surface area contributed by atoms with Gasteiger partial charge >= 0.3 is 0 Å². The Balaban J connectivity index is 2.96. The first-order valence-corrected chi connectivity index (χ1v) is 4.26. The highest BCUT2D eigenvalue weighted by molar-refractivity contribution is 5.24. The van der Waals surface area contributed by atoms with Gasteiger partial charge in [-0.2, -0.15) is 0 Å². The zero-order valence-corrected chi connectivity index (χ0v) is 7.83. The molecule has 1 N–H and O–H groups in total. The van der Waals surface area contributed by atoms with Gasteiger partial charge in [0.2, 0.25) is 0 Å². The first-order chi connectivity index (χ1) is 5.65. The van der Waals surface area contributed by atoms with Crippen LogP contribution in [-0.4, -0.2) is 10.1 Å². The van der Waals surface area contributed by atoms with Gasteiger partial charge in [-0.15, -0.1) is 0 Å². The van der Waals surface area contributed by atoms with E-state index in [-0.39, 0.29) is 6.10 Å². The van der Waals surface area contributed by atoms with Crippen molar-refractivity contribution in [3.8, 4) is 0 Å². The molecule has 1 aromatic rings. The summed E-state index contributed by atoms with van der Waals surface area (Å²) in [5, 5.41) is 9.50. The van der Waals surface area contributed by atoms with E-state index in [0.717, 1.165) is 23.2 Å². The molecule has 0 spiro atoms. The van der Waals surface area contributed by atoms with Crippen molar-refractivity contribution < 1.29 is 5.11 Å². The number of aryl methyl sites for hydroxylation is 2. The number of pyridine rings is 1. The van der Waals surface area contributed by atoms with E-state index in [4.69, 9.17) is 0 Å². The molecule has 0 fully saturated rings. The largest absolute Gasteiger partial charge is 0.388 e. The van der Waals surface area contributed by atoms with Crippen molar-refractivity contribution in [2.24, 2.45) is 0 Å². The van der Waals surface area contributed by atoms with Crippen molar-refractivity contribution in [1.29, 1.82) is 0 Å². The van der Waals surface area contributed by atoms with E-state index < -0.39 is 0 Å². The minimum absolute atomic E-state index is 0.364. The second kappa shape index (κ2) is 3.68. The number of hydrogen-bond acceptors (Lipinski definition) is 2. The van der Waals surface area contributed by atoms with Crippen LogP contribution in [0.5, 0.6) is 0 Å². The molecule has 0 saturated carbocycles. The Labute approximate surface area is 73.3 Å². The van der Waals surface area contributed by atoms with Crippen LogP contribution in [0.25, 0.3) is 0 Å². The SMILES string of the molecule is CC[C@H](O)c1cnc(C)c(C)c1. The van der Waals surface area contributed by atoms with E-state index in [0.29, 0.717) is 0 Å². The molecular formula is C10H15NO. The molecule has 0 aromatic carbocycles. The molecule has 0 bridgehead atoms. The van der Waals surface area contributed by atoms with Crippen LogP contribution in [0.2, 0.25) is 0 Å². The Morgan fingerprint density at radius 3 is 2.67 bits per heavy atom. The summed E-state index contributed by atoms with van der Waals surface area (Å²) in [6, 6.07) is 2.00. The number of rotatable bonds is 2. The van der Waals surface area contributed by atoms with Gasteiger partial charge in [0.25, 0.3) is 0 Å². The molecular weight excluding hydrogens is 150 g/mol. The number of aliphatic hydroxyl groups is 1. The van der Waals surface area contributed by atoms with Gasteiger partial charge < -0.3 is 5.11 Å². The van der Waals surface area contributed by atoms with Crippen molar-refractivity contribution in [2.45, 2.75) is 33.3 Å². The van der Waals surface area contributed by atoms with E-state index >= 15 is 0 Å². The van der Waals surface area contributed by atoms with Crippen LogP contribution in [0.15, 0.2) is 12.3 Å². The lowest BCUT2D eigenvalue weighted by atomic mass is 10.1. The maximum Gasteiger partial charge on any atom is 0.0802 e. The third kappa shape index (κ3) is 1.83. The molecule has 1 atom stereocenters. The zero-order chi connectivity index (χ0) is 9.14. The molecule has 1 heterocycles. The van der Waals surface area contributed by atoms with E-state index in [1.54, 1.807) is 6.20 Å². The molecule has 0 saturated heterocycles. The van der Waals surface area contributed by atoms with Crippen LogP contribution in [0.4, 0.5) is 0 Å². The third-order valence-electron chi connectivity index (χ3n) is 2.13. The highest BCUT2D eigenvalue weighted by Gasteiger charge is 2.05. The molecule has 1 rings (SSSR count). The summed E-state index contributed by atoms with van der Waals surface area (Å²) in [4.78, 5) is 4.19. The van der Waals surface area contributed by atoms with E-state index in [1.807, 2.05) is 26.8 Å².